The van der Waals surface area contributed by atoms with Gasteiger partial charge in [-0.1, -0.05) is 22.0 Å². The Hall–Kier alpha value is -0.580. The zero-order valence-corrected chi connectivity index (χ0v) is 12.9. The van der Waals surface area contributed by atoms with Gasteiger partial charge in [0.25, 0.3) is 0 Å². The number of halogens is 1. The Bertz CT molecular complexity index is 426. The molecule has 19 heavy (non-hydrogen) atoms. The summed E-state index contributed by atoms with van der Waals surface area (Å²) < 4.78 is 6.63. The molecule has 0 radical (unpaired) electrons. The fourth-order valence-corrected chi connectivity index (χ4v) is 3.30. The second-order valence-corrected chi connectivity index (χ2v) is 6.27. The number of anilines is 1. The Morgan fingerprint density at radius 1 is 1.05 bits per heavy atom. The summed E-state index contributed by atoms with van der Waals surface area (Å²) in [4.78, 5) is 5.02. The van der Waals surface area contributed by atoms with E-state index < -0.39 is 0 Å². The molecule has 3 rings (SSSR count). The first kappa shape index (κ1) is 13.4. The van der Waals surface area contributed by atoms with Crippen LogP contribution in [0, 0.1) is 0 Å². The van der Waals surface area contributed by atoms with Gasteiger partial charge < -0.3 is 9.64 Å². The number of rotatable bonds is 3. The van der Waals surface area contributed by atoms with Gasteiger partial charge in [0.05, 0.1) is 13.2 Å². The maximum absolute atomic E-state index is 5.46. The lowest BCUT2D eigenvalue weighted by atomic mass is 10.1. The van der Waals surface area contributed by atoms with Crippen molar-refractivity contribution in [1.29, 1.82) is 0 Å². The van der Waals surface area contributed by atoms with Gasteiger partial charge >= 0.3 is 0 Å². The third kappa shape index (κ3) is 3.30. The summed E-state index contributed by atoms with van der Waals surface area (Å²) in [6.45, 7) is 7.27. The molecular weight excluding hydrogens is 304 g/mol. The van der Waals surface area contributed by atoms with Crippen LogP contribution in [0.2, 0.25) is 0 Å². The van der Waals surface area contributed by atoms with Crippen molar-refractivity contribution in [2.45, 2.75) is 19.4 Å². The Morgan fingerprint density at radius 3 is 2.53 bits per heavy atom. The molecular formula is C15H21BrN2O. The van der Waals surface area contributed by atoms with Crippen molar-refractivity contribution < 1.29 is 4.74 Å². The summed E-state index contributed by atoms with van der Waals surface area (Å²) in [6, 6.07) is 6.69. The zero-order chi connectivity index (χ0) is 13.1. The van der Waals surface area contributed by atoms with Crippen LogP contribution in [0.25, 0.3) is 0 Å². The summed E-state index contributed by atoms with van der Waals surface area (Å²) >= 11 is 3.60. The van der Waals surface area contributed by atoms with E-state index >= 15 is 0 Å². The molecule has 0 bridgehead atoms. The van der Waals surface area contributed by atoms with Gasteiger partial charge in [0.1, 0.15) is 0 Å². The van der Waals surface area contributed by atoms with Crippen molar-refractivity contribution in [3.8, 4) is 0 Å². The Kier molecular flexibility index (Phi) is 4.41. The molecule has 0 saturated carbocycles. The van der Waals surface area contributed by atoms with Crippen molar-refractivity contribution in [2.24, 2.45) is 0 Å². The molecule has 3 nitrogen and oxygen atoms in total. The molecule has 2 aliphatic rings. The first-order valence-corrected chi connectivity index (χ1v) is 7.96. The molecule has 2 heterocycles. The average Bonchev–Trinajstić information content (AvgIpc) is 2.95. The van der Waals surface area contributed by atoms with E-state index in [1.165, 1.54) is 41.7 Å². The van der Waals surface area contributed by atoms with Crippen LogP contribution < -0.4 is 4.90 Å². The van der Waals surface area contributed by atoms with Gasteiger partial charge in [-0.15, -0.1) is 0 Å². The minimum atomic E-state index is 0.843. The molecule has 2 fully saturated rings. The van der Waals surface area contributed by atoms with E-state index in [1.807, 2.05) is 0 Å². The predicted molar refractivity (Wildman–Crippen MR) is 81.7 cm³/mol. The van der Waals surface area contributed by atoms with E-state index in [4.69, 9.17) is 4.74 Å². The number of benzene rings is 1. The summed E-state index contributed by atoms with van der Waals surface area (Å²) in [6.07, 6.45) is 2.70. The van der Waals surface area contributed by atoms with E-state index in [9.17, 15) is 0 Å². The molecule has 0 N–H and O–H groups in total. The number of ether oxygens (including phenoxy) is 1. The zero-order valence-electron chi connectivity index (χ0n) is 11.3. The fourth-order valence-electron chi connectivity index (χ4n) is 2.95. The molecule has 0 atom stereocenters. The number of likely N-dealkylation sites (tertiary alicyclic amines) is 1. The highest BCUT2D eigenvalue weighted by Crippen LogP contribution is 2.28. The van der Waals surface area contributed by atoms with E-state index in [0.29, 0.717) is 0 Å². The Balaban J connectivity index is 1.80. The van der Waals surface area contributed by atoms with E-state index in [0.717, 1.165) is 32.8 Å². The summed E-state index contributed by atoms with van der Waals surface area (Å²) in [7, 11) is 0. The fraction of sp³-hybridized carbons (Fsp3) is 0.600. The summed E-state index contributed by atoms with van der Waals surface area (Å²) in [5, 5.41) is 0. The van der Waals surface area contributed by atoms with Gasteiger partial charge in [-0.25, -0.2) is 0 Å². The summed E-state index contributed by atoms with van der Waals surface area (Å²) in [5.74, 6) is 0. The Labute approximate surface area is 123 Å². The van der Waals surface area contributed by atoms with Crippen LogP contribution in [0.1, 0.15) is 18.4 Å². The highest BCUT2D eigenvalue weighted by Gasteiger charge is 2.18. The van der Waals surface area contributed by atoms with Crippen molar-refractivity contribution in [2.75, 3.05) is 44.3 Å². The van der Waals surface area contributed by atoms with Crippen LogP contribution in [0.3, 0.4) is 0 Å². The first-order valence-electron chi connectivity index (χ1n) is 7.16. The van der Waals surface area contributed by atoms with Gasteiger partial charge in [0.15, 0.2) is 0 Å². The molecule has 0 unspecified atom stereocenters. The van der Waals surface area contributed by atoms with Crippen LogP contribution in [-0.4, -0.2) is 44.3 Å². The third-order valence-electron chi connectivity index (χ3n) is 3.99. The SMILES string of the molecule is Brc1ccc(CN2CCCC2)c(N2CCOCC2)c1. The first-order chi connectivity index (χ1) is 9.33. The molecule has 2 aliphatic heterocycles. The minimum absolute atomic E-state index is 0.843. The second kappa shape index (κ2) is 6.25. The van der Waals surface area contributed by atoms with Gasteiger partial charge in [0, 0.05) is 29.8 Å². The smallest absolute Gasteiger partial charge is 0.0642 e. The molecule has 0 spiro atoms. The molecule has 2 saturated heterocycles. The van der Waals surface area contributed by atoms with Gasteiger partial charge in [-0.3, -0.25) is 4.90 Å². The van der Waals surface area contributed by atoms with Crippen molar-refractivity contribution in [3.63, 3.8) is 0 Å². The quantitative estimate of drug-likeness (QED) is 0.850. The second-order valence-electron chi connectivity index (χ2n) is 5.36. The van der Waals surface area contributed by atoms with Crippen LogP contribution in [0.4, 0.5) is 5.69 Å². The number of morpholine rings is 1. The largest absolute Gasteiger partial charge is 0.378 e. The maximum Gasteiger partial charge on any atom is 0.0642 e. The Morgan fingerprint density at radius 2 is 1.79 bits per heavy atom. The number of hydrogen-bond donors (Lipinski definition) is 0. The average molecular weight is 325 g/mol. The maximum atomic E-state index is 5.46. The molecule has 0 aliphatic carbocycles. The molecule has 104 valence electrons. The number of hydrogen-bond acceptors (Lipinski definition) is 3. The van der Waals surface area contributed by atoms with Crippen LogP contribution in [-0.2, 0) is 11.3 Å². The van der Waals surface area contributed by atoms with E-state index in [-0.39, 0.29) is 0 Å². The van der Waals surface area contributed by atoms with E-state index in [1.54, 1.807) is 0 Å². The third-order valence-corrected chi connectivity index (χ3v) is 4.49. The lowest BCUT2D eigenvalue weighted by Gasteiger charge is -2.31. The molecule has 4 heteroatoms. The molecule has 0 amide bonds. The van der Waals surface area contributed by atoms with Crippen LogP contribution in [0.15, 0.2) is 22.7 Å². The number of nitrogens with zero attached hydrogens (tertiary/aromatic N) is 2. The van der Waals surface area contributed by atoms with Crippen molar-refractivity contribution in [1.82, 2.24) is 4.90 Å². The molecule has 1 aromatic rings. The monoisotopic (exact) mass is 324 g/mol. The topological polar surface area (TPSA) is 15.7 Å². The van der Waals surface area contributed by atoms with Crippen LogP contribution >= 0.6 is 15.9 Å². The van der Waals surface area contributed by atoms with Crippen LogP contribution in [0.5, 0.6) is 0 Å². The highest BCUT2D eigenvalue weighted by molar-refractivity contribution is 9.10. The normalized spacial score (nSPS) is 21.0. The summed E-state index contributed by atoms with van der Waals surface area (Å²) in [5.41, 5.74) is 2.83. The lowest BCUT2D eigenvalue weighted by Crippen LogP contribution is -2.37. The molecule has 0 aromatic heterocycles. The predicted octanol–water partition coefficient (Wildman–Crippen LogP) is 2.88. The van der Waals surface area contributed by atoms with Gasteiger partial charge in [-0.05, 0) is 43.6 Å². The van der Waals surface area contributed by atoms with Crippen molar-refractivity contribution in [3.05, 3.63) is 28.2 Å². The van der Waals surface area contributed by atoms with Gasteiger partial charge in [0.2, 0.25) is 0 Å². The van der Waals surface area contributed by atoms with E-state index in [2.05, 4.69) is 43.9 Å². The standard InChI is InChI=1S/C15H21BrN2O/c16-14-4-3-13(12-17-5-1-2-6-17)15(11-14)18-7-9-19-10-8-18/h3-4,11H,1-2,5-10,12H2. The minimum Gasteiger partial charge on any atom is -0.378 e. The lowest BCUT2D eigenvalue weighted by molar-refractivity contribution is 0.122. The van der Waals surface area contributed by atoms with Crippen molar-refractivity contribution >= 4 is 21.6 Å². The van der Waals surface area contributed by atoms with Gasteiger partial charge in [-0.2, -0.15) is 0 Å². The molecule has 1 aromatic carbocycles. The highest BCUT2D eigenvalue weighted by atomic mass is 79.9.